The molecule has 5 heteroatoms. The third-order valence-corrected chi connectivity index (χ3v) is 3.51. The Morgan fingerprint density at radius 3 is 2.83 bits per heavy atom. The van der Waals surface area contributed by atoms with Gasteiger partial charge >= 0.3 is 0 Å². The van der Waals surface area contributed by atoms with Crippen molar-refractivity contribution >= 4 is 21.8 Å². The summed E-state index contributed by atoms with van der Waals surface area (Å²) in [7, 11) is 1.85. The zero-order chi connectivity index (χ0) is 13.1. The first-order chi connectivity index (χ1) is 8.56. The Hall–Kier alpha value is -1.62. The van der Waals surface area contributed by atoms with Crippen LogP contribution in [0.4, 0.5) is 0 Å². The van der Waals surface area contributed by atoms with Crippen LogP contribution in [0.5, 0.6) is 0 Å². The van der Waals surface area contributed by atoms with Gasteiger partial charge in [-0.25, -0.2) is 0 Å². The fourth-order valence-electron chi connectivity index (χ4n) is 1.62. The summed E-state index contributed by atoms with van der Waals surface area (Å²) in [4.78, 5) is 11.9. The number of nitrogens with one attached hydrogen (secondary N) is 1. The Balaban J connectivity index is 2.01. The van der Waals surface area contributed by atoms with Gasteiger partial charge in [0.1, 0.15) is 0 Å². The van der Waals surface area contributed by atoms with Crippen LogP contribution in [0.3, 0.4) is 0 Å². The molecule has 0 fully saturated rings. The second-order valence-electron chi connectivity index (χ2n) is 4.13. The Morgan fingerprint density at radius 2 is 2.22 bits per heavy atom. The molecule has 0 aliphatic heterocycles. The van der Waals surface area contributed by atoms with Crippen molar-refractivity contribution in [1.29, 1.82) is 0 Å². The Kier molecular flexibility index (Phi) is 3.81. The molecule has 1 N–H and O–H groups in total. The first-order valence-corrected chi connectivity index (χ1v) is 6.38. The summed E-state index contributed by atoms with van der Waals surface area (Å²) in [6.07, 6.45) is 1.85. The number of carbonyl (C=O) groups excluding carboxylic acids is 1. The van der Waals surface area contributed by atoms with Crippen LogP contribution < -0.4 is 5.32 Å². The van der Waals surface area contributed by atoms with Crippen molar-refractivity contribution in [2.24, 2.45) is 7.05 Å². The third-order valence-electron chi connectivity index (χ3n) is 2.62. The molecule has 0 aliphatic carbocycles. The van der Waals surface area contributed by atoms with Gasteiger partial charge in [0.2, 0.25) is 0 Å². The lowest BCUT2D eigenvalue weighted by Crippen LogP contribution is -2.23. The highest BCUT2D eigenvalue weighted by Crippen LogP contribution is 2.17. The SMILES string of the molecule is Cc1cc(C(=O)NCc2ccn(C)n2)ccc1Br. The fourth-order valence-corrected chi connectivity index (χ4v) is 1.86. The van der Waals surface area contributed by atoms with Crippen molar-refractivity contribution in [3.63, 3.8) is 0 Å². The number of aromatic nitrogens is 2. The fraction of sp³-hybridized carbons (Fsp3) is 0.231. The molecule has 0 radical (unpaired) electrons. The molecule has 1 aromatic heterocycles. The zero-order valence-corrected chi connectivity index (χ0v) is 11.9. The monoisotopic (exact) mass is 307 g/mol. The van der Waals surface area contributed by atoms with Gasteiger partial charge < -0.3 is 5.32 Å². The molecule has 0 saturated heterocycles. The van der Waals surface area contributed by atoms with E-state index in [2.05, 4.69) is 26.3 Å². The molecule has 1 amide bonds. The molecule has 0 bridgehead atoms. The van der Waals surface area contributed by atoms with Crippen LogP contribution in [0.15, 0.2) is 34.9 Å². The average Bonchev–Trinajstić information content (AvgIpc) is 2.75. The number of nitrogens with zero attached hydrogens (tertiary/aromatic N) is 2. The normalized spacial score (nSPS) is 10.4. The van der Waals surface area contributed by atoms with Gasteiger partial charge in [0, 0.05) is 23.3 Å². The maximum absolute atomic E-state index is 11.9. The Bertz CT molecular complexity index is 577. The topological polar surface area (TPSA) is 46.9 Å². The summed E-state index contributed by atoms with van der Waals surface area (Å²) < 4.78 is 2.72. The molecule has 2 rings (SSSR count). The lowest BCUT2D eigenvalue weighted by molar-refractivity contribution is 0.0950. The summed E-state index contributed by atoms with van der Waals surface area (Å²) >= 11 is 3.41. The molecule has 0 saturated carbocycles. The third kappa shape index (κ3) is 2.98. The molecule has 94 valence electrons. The second-order valence-corrected chi connectivity index (χ2v) is 4.98. The van der Waals surface area contributed by atoms with Crippen LogP contribution in [0.2, 0.25) is 0 Å². The molecular weight excluding hydrogens is 294 g/mol. The predicted octanol–water partition coefficient (Wildman–Crippen LogP) is 2.42. The number of halogens is 1. The highest BCUT2D eigenvalue weighted by atomic mass is 79.9. The van der Waals surface area contributed by atoms with E-state index in [1.54, 1.807) is 10.7 Å². The van der Waals surface area contributed by atoms with Gasteiger partial charge in [0.15, 0.2) is 0 Å². The first-order valence-electron chi connectivity index (χ1n) is 5.59. The predicted molar refractivity (Wildman–Crippen MR) is 73.3 cm³/mol. The maximum Gasteiger partial charge on any atom is 0.251 e. The van der Waals surface area contributed by atoms with E-state index >= 15 is 0 Å². The van der Waals surface area contributed by atoms with Crippen molar-refractivity contribution in [2.45, 2.75) is 13.5 Å². The zero-order valence-electron chi connectivity index (χ0n) is 10.3. The van der Waals surface area contributed by atoms with Crippen molar-refractivity contribution in [3.05, 3.63) is 51.8 Å². The van der Waals surface area contributed by atoms with E-state index in [1.165, 1.54) is 0 Å². The smallest absolute Gasteiger partial charge is 0.251 e. The van der Waals surface area contributed by atoms with Crippen LogP contribution in [0, 0.1) is 6.92 Å². The lowest BCUT2D eigenvalue weighted by atomic mass is 10.1. The van der Waals surface area contributed by atoms with E-state index in [1.807, 2.05) is 38.4 Å². The average molecular weight is 308 g/mol. The van der Waals surface area contributed by atoms with Crippen LogP contribution in [-0.2, 0) is 13.6 Å². The van der Waals surface area contributed by atoms with E-state index in [9.17, 15) is 4.79 Å². The number of benzene rings is 1. The van der Waals surface area contributed by atoms with Gasteiger partial charge in [-0.2, -0.15) is 5.10 Å². The van der Waals surface area contributed by atoms with Crippen LogP contribution >= 0.6 is 15.9 Å². The van der Waals surface area contributed by atoms with E-state index < -0.39 is 0 Å². The van der Waals surface area contributed by atoms with Gasteiger partial charge in [0.25, 0.3) is 5.91 Å². The van der Waals surface area contributed by atoms with E-state index in [0.717, 1.165) is 15.7 Å². The summed E-state index contributed by atoms with van der Waals surface area (Å²) in [6, 6.07) is 7.42. The lowest BCUT2D eigenvalue weighted by Gasteiger charge is -2.05. The molecule has 1 heterocycles. The minimum atomic E-state index is -0.0868. The van der Waals surface area contributed by atoms with Crippen LogP contribution in [0.25, 0.3) is 0 Å². The number of hydrogen-bond donors (Lipinski definition) is 1. The highest BCUT2D eigenvalue weighted by Gasteiger charge is 2.07. The number of aryl methyl sites for hydroxylation is 2. The molecule has 0 atom stereocenters. The van der Waals surface area contributed by atoms with Crippen LogP contribution in [-0.4, -0.2) is 15.7 Å². The Labute approximate surface area is 114 Å². The minimum absolute atomic E-state index is 0.0868. The second kappa shape index (κ2) is 5.35. The first kappa shape index (κ1) is 12.8. The summed E-state index contributed by atoms with van der Waals surface area (Å²) in [5.74, 6) is -0.0868. The minimum Gasteiger partial charge on any atom is -0.346 e. The van der Waals surface area contributed by atoms with Gasteiger partial charge in [-0.3, -0.25) is 9.48 Å². The van der Waals surface area contributed by atoms with Crippen molar-refractivity contribution in [2.75, 3.05) is 0 Å². The van der Waals surface area contributed by atoms with E-state index in [-0.39, 0.29) is 5.91 Å². The standard InChI is InChI=1S/C13H14BrN3O/c1-9-7-10(3-4-12(9)14)13(18)15-8-11-5-6-17(2)16-11/h3-7H,8H2,1-2H3,(H,15,18). The molecule has 0 unspecified atom stereocenters. The van der Waals surface area contributed by atoms with Crippen molar-refractivity contribution < 1.29 is 4.79 Å². The maximum atomic E-state index is 11.9. The molecule has 18 heavy (non-hydrogen) atoms. The summed E-state index contributed by atoms with van der Waals surface area (Å²) in [5.41, 5.74) is 2.55. The molecule has 1 aromatic carbocycles. The molecule has 0 aliphatic rings. The van der Waals surface area contributed by atoms with Gasteiger partial charge in [0.05, 0.1) is 12.2 Å². The van der Waals surface area contributed by atoms with E-state index in [0.29, 0.717) is 12.1 Å². The van der Waals surface area contributed by atoms with E-state index in [4.69, 9.17) is 0 Å². The quantitative estimate of drug-likeness (QED) is 0.946. The molecule has 2 aromatic rings. The summed E-state index contributed by atoms with van der Waals surface area (Å²) in [5, 5.41) is 7.05. The van der Waals surface area contributed by atoms with Crippen molar-refractivity contribution in [1.82, 2.24) is 15.1 Å². The largest absolute Gasteiger partial charge is 0.346 e. The molecule has 4 nitrogen and oxygen atoms in total. The number of rotatable bonds is 3. The number of amides is 1. The Morgan fingerprint density at radius 1 is 1.44 bits per heavy atom. The van der Waals surface area contributed by atoms with Crippen molar-refractivity contribution in [3.8, 4) is 0 Å². The number of carbonyl (C=O) groups is 1. The van der Waals surface area contributed by atoms with Gasteiger partial charge in [-0.15, -0.1) is 0 Å². The molecular formula is C13H14BrN3O. The summed E-state index contributed by atoms with van der Waals surface area (Å²) in [6.45, 7) is 2.40. The van der Waals surface area contributed by atoms with Crippen LogP contribution in [0.1, 0.15) is 21.6 Å². The number of hydrogen-bond acceptors (Lipinski definition) is 2. The molecule has 0 spiro atoms. The van der Waals surface area contributed by atoms with Gasteiger partial charge in [-0.1, -0.05) is 15.9 Å². The van der Waals surface area contributed by atoms with Gasteiger partial charge in [-0.05, 0) is 36.8 Å². The highest BCUT2D eigenvalue weighted by molar-refractivity contribution is 9.10.